The molecule has 1 aromatic heterocycles. The van der Waals surface area contributed by atoms with Crippen LogP contribution in [0, 0.1) is 5.92 Å². The molecule has 2 rings (SSSR count). The summed E-state index contributed by atoms with van der Waals surface area (Å²) in [5.74, 6) is 0.0404. The number of amides is 1. The normalized spacial score (nSPS) is 23.7. The molecule has 0 saturated carbocycles. The maximum atomic E-state index is 11.9. The smallest absolute Gasteiger partial charge is 0.410 e. The molecule has 6 heteroatoms. The van der Waals surface area contributed by atoms with Crippen molar-refractivity contribution in [1.82, 2.24) is 9.88 Å². The van der Waals surface area contributed by atoms with E-state index in [9.17, 15) is 9.90 Å². The number of ether oxygens (including phenoxy) is 1. The minimum absolute atomic E-state index is 0.0404. The number of likely N-dealkylation sites (tertiary alicyclic amines) is 1. The maximum absolute atomic E-state index is 11.9. The van der Waals surface area contributed by atoms with E-state index < -0.39 is 11.7 Å². The second-order valence-corrected chi connectivity index (χ2v) is 6.82. The van der Waals surface area contributed by atoms with Crippen LogP contribution in [0.1, 0.15) is 25.8 Å². The van der Waals surface area contributed by atoms with Crippen LogP contribution in [0.5, 0.6) is 0 Å². The van der Waals surface area contributed by atoms with Crippen molar-refractivity contribution < 1.29 is 14.6 Å². The van der Waals surface area contributed by atoms with Gasteiger partial charge in [0.2, 0.25) is 0 Å². The largest absolute Gasteiger partial charge is 0.444 e. The molecule has 0 radical (unpaired) electrons. The third-order valence-corrected chi connectivity index (χ3v) is 3.78. The molecule has 19 heavy (non-hydrogen) atoms. The number of thiazole rings is 1. The zero-order valence-electron chi connectivity index (χ0n) is 11.5. The van der Waals surface area contributed by atoms with Gasteiger partial charge in [-0.2, -0.15) is 0 Å². The van der Waals surface area contributed by atoms with E-state index in [1.807, 2.05) is 26.2 Å². The number of aliphatic hydroxyl groups excluding tert-OH is 1. The highest BCUT2D eigenvalue weighted by Crippen LogP contribution is 2.24. The first-order valence-corrected chi connectivity index (χ1v) is 7.27. The molecular formula is C13H20N2O3S. The molecule has 106 valence electrons. The number of hydrogen-bond donors (Lipinski definition) is 1. The van der Waals surface area contributed by atoms with Crippen molar-refractivity contribution in [1.29, 1.82) is 0 Å². The fourth-order valence-corrected chi connectivity index (χ4v) is 2.82. The van der Waals surface area contributed by atoms with Gasteiger partial charge in [-0.1, -0.05) is 0 Å². The summed E-state index contributed by atoms with van der Waals surface area (Å²) in [5, 5.41) is 12.9. The topological polar surface area (TPSA) is 62.7 Å². The lowest BCUT2D eigenvalue weighted by molar-refractivity contribution is 0.0270. The summed E-state index contributed by atoms with van der Waals surface area (Å²) in [6.07, 6.45) is 1.61. The summed E-state index contributed by atoms with van der Waals surface area (Å²) in [5.41, 5.74) is -0.505. The standard InChI is InChI=1S/C13H20N2O3S/c1-13(2,3)18-12(17)15-7-9(10(16)8-15)6-11-14-4-5-19-11/h4-5,9-10,16H,6-8H2,1-3H3. The number of aromatic nitrogens is 1. The fourth-order valence-electron chi connectivity index (χ4n) is 2.11. The number of rotatable bonds is 2. The lowest BCUT2D eigenvalue weighted by Gasteiger charge is -2.24. The lowest BCUT2D eigenvalue weighted by atomic mass is 10.0. The average Bonchev–Trinajstić information content (AvgIpc) is 2.88. The average molecular weight is 284 g/mol. The SMILES string of the molecule is CC(C)(C)OC(=O)N1CC(O)C(Cc2nccs2)C1. The minimum Gasteiger partial charge on any atom is -0.444 e. The molecule has 0 spiro atoms. The summed E-state index contributed by atoms with van der Waals surface area (Å²) < 4.78 is 5.32. The van der Waals surface area contributed by atoms with Crippen LogP contribution in [-0.2, 0) is 11.2 Å². The number of nitrogens with zero attached hydrogens (tertiary/aromatic N) is 2. The molecule has 1 amide bonds. The molecule has 1 N–H and O–H groups in total. The second-order valence-electron chi connectivity index (χ2n) is 5.84. The molecule has 1 fully saturated rings. The molecule has 5 nitrogen and oxygen atoms in total. The minimum atomic E-state index is -0.505. The predicted molar refractivity (Wildman–Crippen MR) is 73.1 cm³/mol. The van der Waals surface area contributed by atoms with Gasteiger partial charge in [0.05, 0.1) is 17.7 Å². The van der Waals surface area contributed by atoms with Gasteiger partial charge in [0.15, 0.2) is 0 Å². The van der Waals surface area contributed by atoms with E-state index in [4.69, 9.17) is 4.74 Å². The van der Waals surface area contributed by atoms with Crippen molar-refractivity contribution in [2.45, 2.75) is 38.9 Å². The Balaban J connectivity index is 1.91. The van der Waals surface area contributed by atoms with E-state index in [2.05, 4.69) is 4.98 Å². The Morgan fingerprint density at radius 2 is 2.32 bits per heavy atom. The summed E-state index contributed by atoms with van der Waals surface area (Å²) in [6.45, 7) is 6.37. The van der Waals surface area contributed by atoms with Gasteiger partial charge in [-0.15, -0.1) is 11.3 Å². The first kappa shape index (κ1) is 14.3. The predicted octanol–water partition coefficient (Wildman–Crippen LogP) is 1.91. The van der Waals surface area contributed by atoms with Crippen LogP contribution in [0.15, 0.2) is 11.6 Å². The highest BCUT2D eigenvalue weighted by atomic mass is 32.1. The van der Waals surface area contributed by atoms with Gasteiger partial charge in [-0.25, -0.2) is 9.78 Å². The molecular weight excluding hydrogens is 264 g/mol. The van der Waals surface area contributed by atoms with Crippen LogP contribution >= 0.6 is 11.3 Å². The van der Waals surface area contributed by atoms with Gasteiger partial charge in [0, 0.05) is 30.5 Å². The summed E-state index contributed by atoms with van der Waals surface area (Å²) in [6, 6.07) is 0. The van der Waals surface area contributed by atoms with E-state index in [0.717, 1.165) is 5.01 Å². The third-order valence-electron chi connectivity index (χ3n) is 2.98. The fraction of sp³-hybridized carbons (Fsp3) is 0.692. The molecule has 0 bridgehead atoms. The zero-order chi connectivity index (χ0) is 14.0. The quantitative estimate of drug-likeness (QED) is 0.901. The summed E-state index contributed by atoms with van der Waals surface area (Å²) in [7, 11) is 0. The molecule has 0 aromatic carbocycles. The number of β-amino-alcohol motifs (C(OH)–C–C–N with tert-alkyl or cyclic N) is 1. The monoisotopic (exact) mass is 284 g/mol. The Morgan fingerprint density at radius 3 is 2.89 bits per heavy atom. The number of aliphatic hydroxyl groups is 1. The third kappa shape index (κ3) is 3.91. The highest BCUT2D eigenvalue weighted by Gasteiger charge is 2.36. The van der Waals surface area contributed by atoms with Gasteiger partial charge in [0.1, 0.15) is 5.60 Å². The van der Waals surface area contributed by atoms with Crippen molar-refractivity contribution >= 4 is 17.4 Å². The second kappa shape index (κ2) is 5.46. The molecule has 0 aliphatic carbocycles. The summed E-state index contributed by atoms with van der Waals surface area (Å²) >= 11 is 1.57. The molecule has 2 atom stereocenters. The van der Waals surface area contributed by atoms with Crippen LogP contribution in [0.3, 0.4) is 0 Å². The molecule has 2 heterocycles. The lowest BCUT2D eigenvalue weighted by Crippen LogP contribution is -2.35. The van der Waals surface area contributed by atoms with Gasteiger partial charge in [-0.3, -0.25) is 0 Å². The van der Waals surface area contributed by atoms with E-state index in [-0.39, 0.29) is 12.0 Å². The maximum Gasteiger partial charge on any atom is 0.410 e. The first-order valence-electron chi connectivity index (χ1n) is 6.39. The zero-order valence-corrected chi connectivity index (χ0v) is 12.3. The van der Waals surface area contributed by atoms with Gasteiger partial charge < -0.3 is 14.7 Å². The van der Waals surface area contributed by atoms with Gasteiger partial charge in [-0.05, 0) is 20.8 Å². The molecule has 1 aliphatic heterocycles. The molecule has 1 aromatic rings. The van der Waals surface area contributed by atoms with Crippen molar-refractivity contribution in [3.63, 3.8) is 0 Å². The Kier molecular flexibility index (Phi) is 4.10. The van der Waals surface area contributed by atoms with Crippen molar-refractivity contribution in [2.24, 2.45) is 5.92 Å². The number of hydrogen-bond acceptors (Lipinski definition) is 5. The summed E-state index contributed by atoms with van der Waals surface area (Å²) in [4.78, 5) is 17.7. The Morgan fingerprint density at radius 1 is 1.58 bits per heavy atom. The number of carbonyl (C=O) groups excluding carboxylic acids is 1. The van der Waals surface area contributed by atoms with Crippen molar-refractivity contribution in [2.75, 3.05) is 13.1 Å². The molecule has 1 saturated heterocycles. The number of carbonyl (C=O) groups is 1. The van der Waals surface area contributed by atoms with Gasteiger partial charge >= 0.3 is 6.09 Å². The van der Waals surface area contributed by atoms with Crippen LogP contribution in [0.2, 0.25) is 0 Å². The van der Waals surface area contributed by atoms with E-state index >= 15 is 0 Å². The van der Waals surface area contributed by atoms with Crippen molar-refractivity contribution in [3.8, 4) is 0 Å². The van der Waals surface area contributed by atoms with E-state index in [1.165, 1.54) is 0 Å². The first-order chi connectivity index (χ1) is 8.85. The van der Waals surface area contributed by atoms with Crippen LogP contribution in [0.4, 0.5) is 4.79 Å². The van der Waals surface area contributed by atoms with E-state index in [1.54, 1.807) is 22.4 Å². The van der Waals surface area contributed by atoms with E-state index in [0.29, 0.717) is 19.5 Å². The van der Waals surface area contributed by atoms with Crippen LogP contribution in [0.25, 0.3) is 0 Å². The highest BCUT2D eigenvalue weighted by molar-refractivity contribution is 7.09. The van der Waals surface area contributed by atoms with Crippen molar-refractivity contribution in [3.05, 3.63) is 16.6 Å². The van der Waals surface area contributed by atoms with Crippen LogP contribution in [-0.4, -0.2) is 45.9 Å². The van der Waals surface area contributed by atoms with Crippen LogP contribution < -0.4 is 0 Å². The molecule has 1 aliphatic rings. The Hall–Kier alpha value is -1.14. The molecule has 2 unspecified atom stereocenters. The Bertz CT molecular complexity index is 428. The Labute approximate surface area is 117 Å². The van der Waals surface area contributed by atoms with Gasteiger partial charge in [0.25, 0.3) is 0 Å².